The van der Waals surface area contributed by atoms with E-state index in [0.29, 0.717) is 17.7 Å². The third-order valence-electron chi connectivity index (χ3n) is 2.39. The molecule has 86 valence electrons. The molecule has 5 nitrogen and oxygen atoms in total. The van der Waals surface area contributed by atoms with E-state index in [2.05, 4.69) is 0 Å². The molecule has 0 aliphatic heterocycles. The average molecular weight is 231 g/mol. The summed E-state index contributed by atoms with van der Waals surface area (Å²) in [6.07, 6.45) is 2.33. The number of carboxylic acid groups (broad SMARTS) is 1. The summed E-state index contributed by atoms with van der Waals surface area (Å²) >= 11 is 0. The monoisotopic (exact) mass is 231 g/mol. The number of aromatic carboxylic acids is 1. The van der Waals surface area contributed by atoms with Crippen LogP contribution in [0.15, 0.2) is 36.5 Å². The lowest BCUT2D eigenvalue weighted by atomic mass is 10.2. The molecule has 0 aliphatic rings. The van der Waals surface area contributed by atoms with Gasteiger partial charge in [0.05, 0.1) is 5.69 Å². The van der Waals surface area contributed by atoms with E-state index in [1.165, 1.54) is 18.2 Å². The molecule has 5 heteroatoms. The van der Waals surface area contributed by atoms with Gasteiger partial charge in [-0.1, -0.05) is 0 Å². The number of hydrogen-bond acceptors (Lipinski definition) is 3. The van der Waals surface area contributed by atoms with Gasteiger partial charge in [-0.25, -0.2) is 4.79 Å². The number of phenols is 1. The van der Waals surface area contributed by atoms with Gasteiger partial charge in [0.2, 0.25) is 0 Å². The molecule has 1 aromatic carbocycles. The van der Waals surface area contributed by atoms with Crippen LogP contribution in [0.3, 0.4) is 0 Å². The Morgan fingerprint density at radius 2 is 2.06 bits per heavy atom. The molecule has 0 atom stereocenters. The molecular weight excluding hydrogens is 222 g/mol. The Morgan fingerprint density at radius 1 is 1.29 bits per heavy atom. The zero-order valence-corrected chi connectivity index (χ0v) is 8.70. The van der Waals surface area contributed by atoms with Crippen LogP contribution in [0.2, 0.25) is 0 Å². The highest BCUT2D eigenvalue weighted by molar-refractivity contribution is 5.91. The van der Waals surface area contributed by atoms with Crippen LogP contribution >= 0.6 is 0 Å². The third kappa shape index (κ3) is 1.90. The van der Waals surface area contributed by atoms with E-state index >= 15 is 0 Å². The molecule has 0 saturated carbocycles. The molecule has 2 aromatic rings. The van der Waals surface area contributed by atoms with E-state index in [1.807, 2.05) is 0 Å². The molecular formula is C12H9NO4. The van der Waals surface area contributed by atoms with Crippen molar-refractivity contribution in [2.24, 2.45) is 0 Å². The largest absolute Gasteiger partial charge is 0.507 e. The Morgan fingerprint density at radius 3 is 2.65 bits per heavy atom. The van der Waals surface area contributed by atoms with Crippen molar-refractivity contribution in [3.05, 3.63) is 47.8 Å². The van der Waals surface area contributed by atoms with Crippen molar-refractivity contribution in [3.63, 3.8) is 0 Å². The van der Waals surface area contributed by atoms with Crippen LogP contribution in [0.25, 0.3) is 5.69 Å². The molecule has 2 N–H and O–H groups in total. The van der Waals surface area contributed by atoms with Crippen LogP contribution in [0.4, 0.5) is 0 Å². The van der Waals surface area contributed by atoms with Gasteiger partial charge in [-0.3, -0.25) is 4.79 Å². The van der Waals surface area contributed by atoms with Crippen molar-refractivity contribution in [1.29, 1.82) is 0 Å². The number of carboxylic acids is 1. The van der Waals surface area contributed by atoms with Crippen LogP contribution in [-0.2, 0) is 0 Å². The smallest absolute Gasteiger partial charge is 0.339 e. The predicted molar refractivity (Wildman–Crippen MR) is 59.8 cm³/mol. The second kappa shape index (κ2) is 4.13. The lowest BCUT2D eigenvalue weighted by Crippen LogP contribution is -2.00. The number of aldehydes is 1. The van der Waals surface area contributed by atoms with E-state index in [0.717, 1.165) is 0 Å². The quantitative estimate of drug-likeness (QED) is 0.788. The Balaban J connectivity index is 2.52. The van der Waals surface area contributed by atoms with Crippen LogP contribution in [-0.4, -0.2) is 27.0 Å². The van der Waals surface area contributed by atoms with Crippen LogP contribution in [0.5, 0.6) is 5.75 Å². The fourth-order valence-electron chi connectivity index (χ4n) is 1.58. The number of carbonyl (C=O) groups is 2. The lowest BCUT2D eigenvalue weighted by molar-refractivity contribution is 0.0693. The van der Waals surface area contributed by atoms with E-state index in [1.54, 1.807) is 22.9 Å². The molecule has 2 rings (SSSR count). The molecule has 0 aliphatic carbocycles. The van der Waals surface area contributed by atoms with Gasteiger partial charge in [0, 0.05) is 18.0 Å². The Kier molecular flexibility index (Phi) is 2.66. The van der Waals surface area contributed by atoms with Crippen LogP contribution in [0, 0.1) is 0 Å². The van der Waals surface area contributed by atoms with Crippen molar-refractivity contribution in [2.45, 2.75) is 0 Å². The Bertz CT molecular complexity index is 586. The number of aromatic nitrogens is 1. The number of nitrogens with zero attached hydrogens (tertiary/aromatic N) is 1. The minimum absolute atomic E-state index is 0.173. The summed E-state index contributed by atoms with van der Waals surface area (Å²) in [4.78, 5) is 21.5. The van der Waals surface area contributed by atoms with Crippen molar-refractivity contribution >= 4 is 12.3 Å². The number of aromatic hydroxyl groups is 1. The maximum atomic E-state index is 10.7. The van der Waals surface area contributed by atoms with E-state index < -0.39 is 5.97 Å². The molecule has 17 heavy (non-hydrogen) atoms. The maximum Gasteiger partial charge on any atom is 0.339 e. The molecule has 0 bridgehead atoms. The molecule has 0 unspecified atom stereocenters. The summed E-state index contributed by atoms with van der Waals surface area (Å²) in [5.41, 5.74) is 0.778. The fraction of sp³-hybridized carbons (Fsp3) is 0. The Labute approximate surface area is 96.5 Å². The first kappa shape index (κ1) is 10.9. The number of benzene rings is 1. The predicted octanol–water partition coefficient (Wildman–Crippen LogP) is 1.69. The minimum atomic E-state index is -1.20. The molecule has 0 amide bonds. The van der Waals surface area contributed by atoms with Gasteiger partial charge in [0.25, 0.3) is 0 Å². The SMILES string of the molecule is O=Cc1cccn1-c1ccc(C(=O)O)c(O)c1. The van der Waals surface area contributed by atoms with Gasteiger partial charge in [-0.2, -0.15) is 0 Å². The summed E-state index contributed by atoms with van der Waals surface area (Å²) in [6, 6.07) is 7.43. The molecule has 1 heterocycles. The highest BCUT2D eigenvalue weighted by atomic mass is 16.4. The summed E-state index contributed by atoms with van der Waals surface area (Å²) in [6.45, 7) is 0. The van der Waals surface area contributed by atoms with E-state index in [9.17, 15) is 14.7 Å². The van der Waals surface area contributed by atoms with Gasteiger partial charge < -0.3 is 14.8 Å². The van der Waals surface area contributed by atoms with Gasteiger partial charge in [0.15, 0.2) is 6.29 Å². The van der Waals surface area contributed by atoms with Crippen molar-refractivity contribution in [2.75, 3.05) is 0 Å². The molecule has 0 spiro atoms. The second-order valence-corrected chi connectivity index (χ2v) is 3.43. The molecule has 1 aromatic heterocycles. The van der Waals surface area contributed by atoms with Gasteiger partial charge >= 0.3 is 5.97 Å². The summed E-state index contributed by atoms with van der Waals surface area (Å²) < 4.78 is 1.55. The van der Waals surface area contributed by atoms with Crippen molar-refractivity contribution in [3.8, 4) is 11.4 Å². The van der Waals surface area contributed by atoms with Crippen molar-refractivity contribution in [1.82, 2.24) is 4.57 Å². The first-order valence-electron chi connectivity index (χ1n) is 4.82. The van der Waals surface area contributed by atoms with E-state index in [4.69, 9.17) is 5.11 Å². The molecule has 0 saturated heterocycles. The highest BCUT2D eigenvalue weighted by Crippen LogP contribution is 2.22. The summed E-state index contributed by atoms with van der Waals surface area (Å²) in [7, 11) is 0. The topological polar surface area (TPSA) is 79.5 Å². The summed E-state index contributed by atoms with van der Waals surface area (Å²) in [5.74, 6) is -1.53. The normalized spacial score (nSPS) is 10.1. The number of rotatable bonds is 3. The average Bonchev–Trinajstić information content (AvgIpc) is 2.76. The Hall–Kier alpha value is -2.56. The van der Waals surface area contributed by atoms with Gasteiger partial charge in [0.1, 0.15) is 11.3 Å². The maximum absolute atomic E-state index is 10.7. The first-order chi connectivity index (χ1) is 8.13. The van der Waals surface area contributed by atoms with Gasteiger partial charge in [-0.05, 0) is 24.3 Å². The lowest BCUT2D eigenvalue weighted by Gasteiger charge is -2.07. The number of hydrogen-bond donors (Lipinski definition) is 2. The third-order valence-corrected chi connectivity index (χ3v) is 2.39. The molecule has 0 radical (unpaired) electrons. The van der Waals surface area contributed by atoms with Gasteiger partial charge in [-0.15, -0.1) is 0 Å². The standard InChI is InChI=1S/C12H9NO4/c14-7-9-2-1-5-13(9)8-3-4-10(12(16)17)11(15)6-8/h1-7,15H,(H,16,17). The highest BCUT2D eigenvalue weighted by Gasteiger charge is 2.11. The van der Waals surface area contributed by atoms with Crippen molar-refractivity contribution < 1.29 is 19.8 Å². The number of carbonyl (C=O) groups excluding carboxylic acids is 1. The van der Waals surface area contributed by atoms with E-state index in [-0.39, 0.29) is 11.3 Å². The summed E-state index contributed by atoms with van der Waals surface area (Å²) in [5, 5.41) is 18.3. The second-order valence-electron chi connectivity index (χ2n) is 3.43. The van der Waals surface area contributed by atoms with Crippen LogP contribution < -0.4 is 0 Å². The zero-order valence-electron chi connectivity index (χ0n) is 8.70. The fourth-order valence-corrected chi connectivity index (χ4v) is 1.58. The zero-order chi connectivity index (χ0) is 12.4. The van der Waals surface area contributed by atoms with Crippen LogP contribution in [0.1, 0.15) is 20.8 Å². The first-order valence-corrected chi connectivity index (χ1v) is 4.82. The minimum Gasteiger partial charge on any atom is -0.507 e. The molecule has 0 fully saturated rings.